The number of amides is 1. The fraction of sp³-hybridized carbons (Fsp3) is 0.409. The Labute approximate surface area is 173 Å². The van der Waals surface area contributed by atoms with Gasteiger partial charge in [-0.3, -0.25) is 9.78 Å². The predicted octanol–water partition coefficient (Wildman–Crippen LogP) is 3.12. The van der Waals surface area contributed by atoms with E-state index in [4.69, 9.17) is 9.72 Å². The molecule has 0 bridgehead atoms. The second kappa shape index (κ2) is 6.50. The highest BCUT2D eigenvalue weighted by atomic mass is 32.1. The summed E-state index contributed by atoms with van der Waals surface area (Å²) in [5, 5.41) is 1.08. The van der Waals surface area contributed by atoms with Crippen molar-refractivity contribution in [2.24, 2.45) is 5.41 Å². The Hall–Kier alpha value is -2.51. The summed E-state index contributed by atoms with van der Waals surface area (Å²) in [6.45, 7) is 4.92. The molecule has 0 radical (unpaired) electrons. The lowest BCUT2D eigenvalue weighted by Crippen LogP contribution is -2.44. The molecule has 1 spiro atoms. The summed E-state index contributed by atoms with van der Waals surface area (Å²) in [5.41, 5.74) is 4.09. The van der Waals surface area contributed by atoms with Gasteiger partial charge in [0.25, 0.3) is 5.91 Å². The minimum Gasteiger partial charge on any atom is -0.380 e. The van der Waals surface area contributed by atoms with Crippen LogP contribution in [0.5, 0.6) is 0 Å². The molecule has 0 unspecified atom stereocenters. The van der Waals surface area contributed by atoms with Crippen LogP contribution in [0.2, 0.25) is 0 Å². The fourth-order valence-corrected chi connectivity index (χ4v) is 5.68. The van der Waals surface area contributed by atoms with Crippen LogP contribution in [0, 0.1) is 5.41 Å². The van der Waals surface area contributed by atoms with E-state index in [1.54, 1.807) is 11.3 Å². The predicted molar refractivity (Wildman–Crippen MR) is 112 cm³/mol. The Kier molecular flexibility index (Phi) is 3.89. The van der Waals surface area contributed by atoms with Crippen molar-refractivity contribution >= 4 is 33.1 Å². The first-order chi connectivity index (χ1) is 14.2. The number of anilines is 1. The van der Waals surface area contributed by atoms with Crippen LogP contribution < -0.4 is 4.90 Å². The maximum absolute atomic E-state index is 13.2. The van der Waals surface area contributed by atoms with Gasteiger partial charge in [0.2, 0.25) is 0 Å². The minimum absolute atomic E-state index is 0.107. The molecule has 2 fully saturated rings. The van der Waals surface area contributed by atoms with E-state index < -0.39 is 0 Å². The van der Waals surface area contributed by atoms with Crippen LogP contribution in [0.1, 0.15) is 27.5 Å². The topological polar surface area (TPSA) is 58.6 Å². The zero-order valence-corrected chi connectivity index (χ0v) is 17.0. The highest BCUT2D eigenvalue weighted by Crippen LogP contribution is 2.41. The molecule has 2 saturated heterocycles. The Morgan fingerprint density at radius 3 is 2.90 bits per heavy atom. The zero-order valence-electron chi connectivity index (χ0n) is 16.1. The minimum atomic E-state index is 0.107. The third kappa shape index (κ3) is 2.83. The average Bonchev–Trinajstić information content (AvgIpc) is 3.41. The molecule has 3 aliphatic rings. The third-order valence-electron chi connectivity index (χ3n) is 6.38. The van der Waals surface area contributed by atoms with Gasteiger partial charge >= 0.3 is 0 Å². The SMILES string of the molecule is O=C1c2c(N3CCC4(COC4)C3)ccnc2CN1CCc1nc2ccccc2s1. The van der Waals surface area contributed by atoms with Gasteiger partial charge in [0.1, 0.15) is 0 Å². The number of hydrogen-bond donors (Lipinski definition) is 0. The van der Waals surface area contributed by atoms with Gasteiger partial charge in [-0.1, -0.05) is 12.1 Å². The highest BCUT2D eigenvalue weighted by molar-refractivity contribution is 7.18. The van der Waals surface area contributed by atoms with Crippen LogP contribution in [-0.4, -0.2) is 53.6 Å². The highest BCUT2D eigenvalue weighted by Gasteiger charge is 2.45. The molecule has 2 aromatic heterocycles. The summed E-state index contributed by atoms with van der Waals surface area (Å²) < 4.78 is 6.65. The standard InChI is InChI=1S/C22H22N4O2S/c27-21-20-16(23-8-5-17(20)26-10-7-22(12-26)13-28-14-22)11-25(21)9-6-19-24-15-3-1-2-4-18(15)29-19/h1-5,8H,6-7,9-14H2. The Balaban J connectivity index is 1.20. The molecule has 148 valence electrons. The Bertz CT molecular complexity index is 1070. The second-order valence-corrected chi connectivity index (χ2v) is 9.48. The Morgan fingerprint density at radius 1 is 1.21 bits per heavy atom. The van der Waals surface area contributed by atoms with Crippen molar-refractivity contribution in [2.75, 3.05) is 37.7 Å². The number of benzene rings is 1. The van der Waals surface area contributed by atoms with Crippen LogP contribution >= 0.6 is 11.3 Å². The van der Waals surface area contributed by atoms with Crippen LogP contribution in [0.4, 0.5) is 5.69 Å². The number of hydrogen-bond acceptors (Lipinski definition) is 6. The van der Waals surface area contributed by atoms with E-state index in [2.05, 4.69) is 16.0 Å². The summed E-state index contributed by atoms with van der Waals surface area (Å²) in [5.74, 6) is 0.107. The van der Waals surface area contributed by atoms with E-state index in [0.29, 0.717) is 18.5 Å². The monoisotopic (exact) mass is 406 g/mol. The Morgan fingerprint density at radius 2 is 2.10 bits per heavy atom. The molecular weight excluding hydrogens is 384 g/mol. The van der Waals surface area contributed by atoms with Crippen molar-refractivity contribution in [2.45, 2.75) is 19.4 Å². The van der Waals surface area contributed by atoms with Crippen molar-refractivity contribution in [1.29, 1.82) is 0 Å². The molecule has 1 amide bonds. The maximum atomic E-state index is 13.2. The number of nitrogens with zero attached hydrogens (tertiary/aromatic N) is 4. The molecule has 0 N–H and O–H groups in total. The zero-order chi connectivity index (χ0) is 19.4. The summed E-state index contributed by atoms with van der Waals surface area (Å²) in [6.07, 6.45) is 3.76. The normalized spacial score (nSPS) is 19.9. The first-order valence-electron chi connectivity index (χ1n) is 10.2. The number of aromatic nitrogens is 2. The van der Waals surface area contributed by atoms with Gasteiger partial charge in [-0.25, -0.2) is 4.98 Å². The molecule has 0 atom stereocenters. The number of para-hydroxylation sites is 1. The molecule has 3 aliphatic heterocycles. The largest absolute Gasteiger partial charge is 0.380 e. The molecule has 7 heteroatoms. The number of pyridine rings is 1. The number of ether oxygens (including phenoxy) is 1. The summed E-state index contributed by atoms with van der Waals surface area (Å²) in [6, 6.07) is 10.2. The fourth-order valence-electron chi connectivity index (χ4n) is 4.73. The molecule has 6 nitrogen and oxygen atoms in total. The van der Waals surface area contributed by atoms with Crippen molar-refractivity contribution in [3.8, 4) is 0 Å². The van der Waals surface area contributed by atoms with Gasteiger partial charge in [-0.05, 0) is 24.6 Å². The van der Waals surface area contributed by atoms with E-state index in [9.17, 15) is 4.79 Å². The summed E-state index contributed by atoms with van der Waals surface area (Å²) >= 11 is 1.71. The van der Waals surface area contributed by atoms with Crippen molar-refractivity contribution in [3.63, 3.8) is 0 Å². The molecular formula is C22H22N4O2S. The number of carbonyl (C=O) groups excluding carboxylic acids is 1. The van der Waals surface area contributed by atoms with E-state index >= 15 is 0 Å². The van der Waals surface area contributed by atoms with Crippen molar-refractivity contribution < 1.29 is 9.53 Å². The number of rotatable bonds is 4. The smallest absolute Gasteiger partial charge is 0.258 e. The quantitative estimate of drug-likeness (QED) is 0.666. The molecule has 5 heterocycles. The van der Waals surface area contributed by atoms with Gasteiger partial charge < -0.3 is 14.5 Å². The molecule has 29 heavy (non-hydrogen) atoms. The van der Waals surface area contributed by atoms with Crippen molar-refractivity contribution in [3.05, 3.63) is 52.8 Å². The molecule has 1 aromatic carbocycles. The lowest BCUT2D eigenvalue weighted by molar-refractivity contribution is -0.0985. The first kappa shape index (κ1) is 17.4. The summed E-state index contributed by atoms with van der Waals surface area (Å²) in [4.78, 5) is 26.7. The van der Waals surface area contributed by atoms with E-state index in [0.717, 1.165) is 66.6 Å². The van der Waals surface area contributed by atoms with E-state index in [-0.39, 0.29) is 5.91 Å². The number of thiazole rings is 1. The molecule has 3 aromatic rings. The summed E-state index contributed by atoms with van der Waals surface area (Å²) in [7, 11) is 0. The van der Waals surface area contributed by atoms with E-state index in [1.807, 2.05) is 35.4 Å². The lowest BCUT2D eigenvalue weighted by atomic mass is 9.85. The van der Waals surface area contributed by atoms with Gasteiger partial charge in [0.15, 0.2) is 0 Å². The van der Waals surface area contributed by atoms with Gasteiger partial charge in [0, 0.05) is 37.7 Å². The van der Waals surface area contributed by atoms with Crippen molar-refractivity contribution in [1.82, 2.24) is 14.9 Å². The third-order valence-corrected chi connectivity index (χ3v) is 7.47. The molecule has 0 aliphatic carbocycles. The van der Waals surface area contributed by atoms with Crippen LogP contribution in [0.3, 0.4) is 0 Å². The average molecular weight is 407 g/mol. The number of carbonyl (C=O) groups is 1. The van der Waals surface area contributed by atoms with Crippen LogP contribution in [-0.2, 0) is 17.7 Å². The number of fused-ring (bicyclic) bond motifs is 2. The molecule has 0 saturated carbocycles. The first-order valence-corrected chi connectivity index (χ1v) is 11.0. The van der Waals surface area contributed by atoms with Crippen LogP contribution in [0.25, 0.3) is 10.2 Å². The van der Waals surface area contributed by atoms with Gasteiger partial charge in [0.05, 0.1) is 51.9 Å². The van der Waals surface area contributed by atoms with Gasteiger partial charge in [-0.2, -0.15) is 0 Å². The lowest BCUT2D eigenvalue weighted by Gasteiger charge is -2.38. The van der Waals surface area contributed by atoms with Gasteiger partial charge in [-0.15, -0.1) is 11.3 Å². The molecule has 6 rings (SSSR count). The second-order valence-electron chi connectivity index (χ2n) is 8.37. The van der Waals surface area contributed by atoms with E-state index in [1.165, 1.54) is 4.70 Å². The van der Waals surface area contributed by atoms with Crippen LogP contribution in [0.15, 0.2) is 36.5 Å². The maximum Gasteiger partial charge on any atom is 0.258 e.